The van der Waals surface area contributed by atoms with E-state index in [1.54, 1.807) is 30.3 Å². The van der Waals surface area contributed by atoms with E-state index in [4.69, 9.17) is 11.0 Å². The van der Waals surface area contributed by atoms with Gasteiger partial charge in [-0.15, -0.1) is 0 Å². The van der Waals surface area contributed by atoms with Gasteiger partial charge in [-0.3, -0.25) is 9.59 Å². The van der Waals surface area contributed by atoms with Crippen LogP contribution in [-0.4, -0.2) is 27.8 Å². The van der Waals surface area contributed by atoms with E-state index in [0.717, 1.165) is 0 Å². The Kier molecular flexibility index (Phi) is 4.31. The molecule has 0 radical (unpaired) electrons. The number of aromatic amines is 1. The molecule has 2 rings (SSSR count). The molecule has 0 saturated carbocycles. The number of imidazole rings is 1. The lowest BCUT2D eigenvalue weighted by Crippen LogP contribution is -2.45. The highest BCUT2D eigenvalue weighted by molar-refractivity contribution is 5.97. The van der Waals surface area contributed by atoms with Gasteiger partial charge in [0.05, 0.1) is 0 Å². The van der Waals surface area contributed by atoms with Crippen LogP contribution >= 0.6 is 0 Å². The molecule has 2 amide bonds. The maximum Gasteiger partial charge on any atom is 0.251 e. The van der Waals surface area contributed by atoms with Crippen LogP contribution in [0.4, 0.5) is 0 Å². The second kappa shape index (κ2) is 6.34. The predicted molar refractivity (Wildman–Crippen MR) is 73.9 cm³/mol. The molecule has 21 heavy (non-hydrogen) atoms. The van der Waals surface area contributed by atoms with E-state index in [0.29, 0.717) is 11.3 Å². The van der Waals surface area contributed by atoms with Crippen molar-refractivity contribution >= 4 is 11.8 Å². The Morgan fingerprint density at radius 1 is 1.38 bits per heavy atom. The number of hydrogen-bond donors (Lipinski definition) is 3. The zero-order chi connectivity index (χ0) is 15.2. The molecule has 0 aliphatic carbocycles. The van der Waals surface area contributed by atoms with Gasteiger partial charge in [0.15, 0.2) is 0 Å². The number of H-pyrrole nitrogens is 1. The Labute approximate surface area is 120 Å². The topological polar surface area (TPSA) is 125 Å². The lowest BCUT2D eigenvalue weighted by molar-refractivity contribution is -0.119. The average molecular weight is 283 g/mol. The summed E-state index contributed by atoms with van der Waals surface area (Å²) in [5.41, 5.74) is 6.28. The molecule has 0 saturated heterocycles. The predicted octanol–water partition coefficient (Wildman–Crippen LogP) is 0.108. The number of carbonyl (C=O) groups excluding carboxylic acids is 2. The van der Waals surface area contributed by atoms with Gasteiger partial charge >= 0.3 is 0 Å². The van der Waals surface area contributed by atoms with E-state index in [-0.39, 0.29) is 18.2 Å². The number of rotatable bonds is 5. The molecule has 7 heteroatoms. The van der Waals surface area contributed by atoms with Crippen molar-refractivity contribution in [1.29, 1.82) is 5.26 Å². The zero-order valence-electron chi connectivity index (χ0n) is 11.0. The number of amides is 2. The molecule has 0 fully saturated rings. The maximum atomic E-state index is 12.0. The van der Waals surface area contributed by atoms with Crippen LogP contribution in [0.5, 0.6) is 0 Å². The third-order valence-electron chi connectivity index (χ3n) is 2.84. The summed E-state index contributed by atoms with van der Waals surface area (Å²) in [7, 11) is 0. The third kappa shape index (κ3) is 3.67. The molecule has 0 spiro atoms. The summed E-state index contributed by atoms with van der Waals surface area (Å²) in [6, 6.07) is 9.47. The van der Waals surface area contributed by atoms with Gasteiger partial charge in [0, 0.05) is 23.9 Å². The Hall–Kier alpha value is -3.14. The summed E-state index contributed by atoms with van der Waals surface area (Å²) in [4.78, 5) is 30.0. The van der Waals surface area contributed by atoms with E-state index in [1.165, 1.54) is 6.20 Å². The van der Waals surface area contributed by atoms with Crippen LogP contribution in [0.25, 0.3) is 0 Å². The summed E-state index contributed by atoms with van der Waals surface area (Å²) in [5, 5.41) is 11.2. The van der Waals surface area contributed by atoms with Crippen LogP contribution in [0.15, 0.2) is 36.5 Å². The Balaban J connectivity index is 2.08. The molecule has 0 aliphatic heterocycles. The number of nitrogens with zero attached hydrogens (tertiary/aromatic N) is 2. The van der Waals surface area contributed by atoms with E-state index in [2.05, 4.69) is 15.3 Å². The van der Waals surface area contributed by atoms with Crippen LogP contribution in [0.2, 0.25) is 0 Å². The number of nitrogens with two attached hydrogens (primary N) is 1. The van der Waals surface area contributed by atoms with Crippen molar-refractivity contribution in [2.45, 2.75) is 12.5 Å². The van der Waals surface area contributed by atoms with Crippen molar-refractivity contribution in [2.24, 2.45) is 5.73 Å². The fourth-order valence-corrected chi connectivity index (χ4v) is 1.79. The average Bonchev–Trinajstić information content (AvgIpc) is 2.95. The van der Waals surface area contributed by atoms with Crippen LogP contribution < -0.4 is 11.1 Å². The van der Waals surface area contributed by atoms with Gasteiger partial charge in [0.2, 0.25) is 11.7 Å². The van der Waals surface area contributed by atoms with Gasteiger partial charge in [-0.05, 0) is 12.1 Å². The van der Waals surface area contributed by atoms with E-state index in [9.17, 15) is 9.59 Å². The molecule has 1 unspecified atom stereocenters. The normalized spacial score (nSPS) is 11.4. The van der Waals surface area contributed by atoms with Crippen LogP contribution in [0.1, 0.15) is 21.9 Å². The fourth-order valence-electron chi connectivity index (χ4n) is 1.79. The Morgan fingerprint density at radius 3 is 2.67 bits per heavy atom. The Morgan fingerprint density at radius 2 is 2.10 bits per heavy atom. The fraction of sp³-hybridized carbons (Fsp3) is 0.143. The number of primary amides is 1. The molecule has 0 bridgehead atoms. The number of carbonyl (C=O) groups is 2. The van der Waals surface area contributed by atoms with Crippen molar-refractivity contribution in [3.63, 3.8) is 0 Å². The summed E-state index contributed by atoms with van der Waals surface area (Å²) >= 11 is 0. The second-order valence-electron chi connectivity index (χ2n) is 4.37. The van der Waals surface area contributed by atoms with Crippen molar-refractivity contribution in [3.05, 3.63) is 53.6 Å². The number of nitriles is 1. The molecule has 4 N–H and O–H groups in total. The highest BCUT2D eigenvalue weighted by Crippen LogP contribution is 2.04. The van der Waals surface area contributed by atoms with E-state index in [1.807, 2.05) is 6.07 Å². The first kappa shape index (κ1) is 14.3. The van der Waals surface area contributed by atoms with Crippen molar-refractivity contribution in [1.82, 2.24) is 15.3 Å². The van der Waals surface area contributed by atoms with E-state index < -0.39 is 11.9 Å². The summed E-state index contributed by atoms with van der Waals surface area (Å²) < 4.78 is 0. The maximum absolute atomic E-state index is 12.0. The lowest BCUT2D eigenvalue weighted by atomic mass is 10.1. The third-order valence-corrected chi connectivity index (χ3v) is 2.84. The van der Waals surface area contributed by atoms with E-state index >= 15 is 0 Å². The van der Waals surface area contributed by atoms with Crippen LogP contribution in [-0.2, 0) is 11.2 Å². The van der Waals surface area contributed by atoms with Crippen molar-refractivity contribution in [2.75, 3.05) is 0 Å². The molecule has 1 aromatic heterocycles. The molecule has 1 atom stereocenters. The van der Waals surface area contributed by atoms with Gasteiger partial charge in [-0.1, -0.05) is 18.2 Å². The Bertz CT molecular complexity index is 687. The highest BCUT2D eigenvalue weighted by atomic mass is 16.2. The summed E-state index contributed by atoms with van der Waals surface area (Å²) in [6.07, 6.45) is 1.58. The van der Waals surface area contributed by atoms with Gasteiger partial charge in [0.25, 0.3) is 5.91 Å². The number of benzene rings is 1. The smallest absolute Gasteiger partial charge is 0.251 e. The number of hydrogen-bond acceptors (Lipinski definition) is 4. The summed E-state index contributed by atoms with van der Waals surface area (Å²) in [5.74, 6) is -0.908. The van der Waals surface area contributed by atoms with Gasteiger partial charge in [0.1, 0.15) is 12.1 Å². The van der Waals surface area contributed by atoms with Crippen molar-refractivity contribution in [3.8, 4) is 6.07 Å². The highest BCUT2D eigenvalue weighted by Gasteiger charge is 2.20. The first-order chi connectivity index (χ1) is 10.1. The monoisotopic (exact) mass is 283 g/mol. The molecule has 106 valence electrons. The first-order valence-electron chi connectivity index (χ1n) is 6.19. The molecule has 1 aromatic carbocycles. The SMILES string of the molecule is N#Cc1ncc(CC(NC(=O)c2ccccc2)C(N)=O)[nH]1. The zero-order valence-corrected chi connectivity index (χ0v) is 11.0. The van der Waals surface area contributed by atoms with Gasteiger partial charge in [-0.2, -0.15) is 5.26 Å². The molecular formula is C14H13N5O2. The van der Waals surface area contributed by atoms with Gasteiger partial charge in [-0.25, -0.2) is 4.98 Å². The second-order valence-corrected chi connectivity index (χ2v) is 4.37. The molecule has 1 heterocycles. The summed E-state index contributed by atoms with van der Waals surface area (Å²) in [6.45, 7) is 0. The van der Waals surface area contributed by atoms with Crippen LogP contribution in [0.3, 0.4) is 0 Å². The quantitative estimate of drug-likeness (QED) is 0.720. The largest absolute Gasteiger partial charge is 0.368 e. The molecule has 7 nitrogen and oxygen atoms in total. The minimum absolute atomic E-state index is 0.141. The standard InChI is InChI=1S/C14H13N5O2/c15-7-12-17-8-10(18-12)6-11(13(16)20)19-14(21)9-4-2-1-3-5-9/h1-5,8,11H,6H2,(H2,16,20)(H,17,18)(H,19,21). The molecule has 0 aliphatic rings. The molecule has 2 aromatic rings. The van der Waals surface area contributed by atoms with Gasteiger partial charge < -0.3 is 16.0 Å². The van der Waals surface area contributed by atoms with Crippen LogP contribution in [0, 0.1) is 11.3 Å². The molecular weight excluding hydrogens is 270 g/mol. The lowest BCUT2D eigenvalue weighted by Gasteiger charge is -2.14. The number of aromatic nitrogens is 2. The minimum Gasteiger partial charge on any atom is -0.368 e. The minimum atomic E-state index is -0.885. The van der Waals surface area contributed by atoms with Crippen molar-refractivity contribution < 1.29 is 9.59 Å². The first-order valence-corrected chi connectivity index (χ1v) is 6.19. The number of nitrogens with one attached hydrogen (secondary N) is 2.